The second-order valence-corrected chi connectivity index (χ2v) is 4.79. The molecule has 0 unspecified atom stereocenters. The lowest BCUT2D eigenvalue weighted by Crippen LogP contribution is -1.98. The summed E-state index contributed by atoms with van der Waals surface area (Å²) >= 11 is 7.00. The predicted octanol–water partition coefficient (Wildman–Crippen LogP) is 4.24. The van der Waals surface area contributed by atoms with Crippen molar-refractivity contribution in [1.29, 1.82) is 0 Å². The first-order valence-electron chi connectivity index (χ1n) is 4.98. The molecule has 0 fully saturated rings. The number of Topliss-reactive ketones (excluding diaryl/α,β-unsaturated/α-hetero) is 1. The second kappa shape index (κ2) is 4.93. The molecule has 84 valence electrons. The molecule has 2 rings (SSSR count). The third kappa shape index (κ3) is 2.25. The topological polar surface area (TPSA) is 17.1 Å². The maximum Gasteiger partial charge on any atom is 0.164 e. The zero-order valence-corrected chi connectivity index (χ0v) is 10.1. The summed E-state index contributed by atoms with van der Waals surface area (Å²) in [5.41, 5.74) is 0.615. The number of benzene rings is 1. The Labute approximate surface area is 102 Å². The summed E-state index contributed by atoms with van der Waals surface area (Å²) in [6.07, 6.45) is 1.08. The number of alkyl halides is 1. The van der Waals surface area contributed by atoms with Gasteiger partial charge in [-0.1, -0.05) is 0 Å². The Balaban J connectivity index is 2.37. The van der Waals surface area contributed by atoms with Crippen LogP contribution in [0.4, 0.5) is 4.39 Å². The van der Waals surface area contributed by atoms with E-state index >= 15 is 0 Å². The number of thiophene rings is 1. The molecule has 0 spiro atoms. The number of ketones is 1. The molecular weight excluding hydrogens is 247 g/mol. The third-order valence-corrected chi connectivity index (χ3v) is 3.60. The van der Waals surface area contributed by atoms with Crippen LogP contribution in [0, 0.1) is 5.82 Å². The highest BCUT2D eigenvalue weighted by Gasteiger charge is 2.12. The molecule has 0 saturated carbocycles. The van der Waals surface area contributed by atoms with Gasteiger partial charge in [0.25, 0.3) is 0 Å². The first-order valence-corrected chi connectivity index (χ1v) is 6.39. The minimum Gasteiger partial charge on any atom is -0.294 e. The van der Waals surface area contributed by atoms with E-state index in [1.807, 2.05) is 0 Å². The highest BCUT2D eigenvalue weighted by Crippen LogP contribution is 2.27. The lowest BCUT2D eigenvalue weighted by atomic mass is 10.1. The molecule has 0 amide bonds. The maximum absolute atomic E-state index is 13.1. The molecule has 1 aromatic heterocycles. The summed E-state index contributed by atoms with van der Waals surface area (Å²) in [5.74, 6) is 0.206. The Morgan fingerprint density at radius 2 is 2.25 bits per heavy atom. The summed E-state index contributed by atoms with van der Waals surface area (Å²) < 4.78 is 14.0. The number of rotatable bonds is 4. The normalized spacial score (nSPS) is 10.9. The van der Waals surface area contributed by atoms with Crippen LogP contribution >= 0.6 is 22.9 Å². The van der Waals surface area contributed by atoms with Gasteiger partial charge in [0, 0.05) is 33.3 Å². The second-order valence-electron chi connectivity index (χ2n) is 3.51. The van der Waals surface area contributed by atoms with Crippen molar-refractivity contribution in [1.82, 2.24) is 0 Å². The molecular formula is C12H10ClFOS. The van der Waals surface area contributed by atoms with Gasteiger partial charge in [0.15, 0.2) is 5.78 Å². The average Bonchev–Trinajstić information content (AvgIpc) is 2.68. The van der Waals surface area contributed by atoms with Gasteiger partial charge in [-0.25, -0.2) is 4.39 Å². The van der Waals surface area contributed by atoms with Crippen molar-refractivity contribution in [3.8, 4) is 0 Å². The summed E-state index contributed by atoms with van der Waals surface area (Å²) in [6.45, 7) is 0. The van der Waals surface area contributed by atoms with Crippen molar-refractivity contribution < 1.29 is 9.18 Å². The van der Waals surface area contributed by atoms with Crippen molar-refractivity contribution in [3.05, 3.63) is 35.0 Å². The van der Waals surface area contributed by atoms with Crippen LogP contribution in [0.2, 0.25) is 0 Å². The van der Waals surface area contributed by atoms with E-state index in [4.69, 9.17) is 11.6 Å². The quantitative estimate of drug-likeness (QED) is 0.591. The van der Waals surface area contributed by atoms with Crippen LogP contribution < -0.4 is 0 Å². The fourth-order valence-corrected chi connectivity index (χ4v) is 2.66. The summed E-state index contributed by atoms with van der Waals surface area (Å²) in [4.78, 5) is 11.8. The molecule has 1 heterocycles. The number of carbonyl (C=O) groups excluding carboxylic acids is 1. The van der Waals surface area contributed by atoms with Crippen LogP contribution in [0.1, 0.15) is 23.2 Å². The Kier molecular flexibility index (Phi) is 3.56. The van der Waals surface area contributed by atoms with E-state index in [1.165, 1.54) is 23.5 Å². The molecule has 1 aromatic carbocycles. The van der Waals surface area contributed by atoms with Gasteiger partial charge in [-0.3, -0.25) is 4.79 Å². The molecule has 0 atom stereocenters. The lowest BCUT2D eigenvalue weighted by molar-refractivity contribution is 0.0984. The van der Waals surface area contributed by atoms with E-state index in [0.29, 0.717) is 29.7 Å². The summed E-state index contributed by atoms with van der Waals surface area (Å²) in [5, 5.41) is 2.50. The molecule has 0 radical (unpaired) electrons. The molecule has 16 heavy (non-hydrogen) atoms. The third-order valence-electron chi connectivity index (χ3n) is 2.37. The number of halogens is 2. The van der Waals surface area contributed by atoms with Crippen molar-refractivity contribution in [2.24, 2.45) is 0 Å². The monoisotopic (exact) mass is 256 g/mol. The van der Waals surface area contributed by atoms with Gasteiger partial charge >= 0.3 is 0 Å². The van der Waals surface area contributed by atoms with E-state index in [2.05, 4.69) is 0 Å². The van der Waals surface area contributed by atoms with E-state index < -0.39 is 0 Å². The van der Waals surface area contributed by atoms with E-state index in [1.54, 1.807) is 11.4 Å². The van der Waals surface area contributed by atoms with Gasteiger partial charge in [0.1, 0.15) is 5.82 Å². The number of hydrogen-bond donors (Lipinski definition) is 0. The maximum atomic E-state index is 13.1. The first kappa shape index (κ1) is 11.6. The van der Waals surface area contributed by atoms with E-state index in [9.17, 15) is 9.18 Å². The molecule has 0 aliphatic rings. The zero-order chi connectivity index (χ0) is 11.5. The highest BCUT2D eigenvalue weighted by molar-refractivity contribution is 7.17. The van der Waals surface area contributed by atoms with Crippen molar-refractivity contribution in [2.45, 2.75) is 12.8 Å². The Bertz CT molecular complexity index is 521. The molecule has 0 bridgehead atoms. The lowest BCUT2D eigenvalue weighted by Gasteiger charge is -1.98. The summed E-state index contributed by atoms with van der Waals surface area (Å²) in [6, 6.07) is 4.53. The van der Waals surface area contributed by atoms with Gasteiger partial charge in [-0.05, 0) is 24.6 Å². The SMILES string of the molecule is O=C(CCCCl)c1csc2ccc(F)cc12. The number of fused-ring (bicyclic) bond motifs is 1. The van der Waals surface area contributed by atoms with Crippen molar-refractivity contribution >= 4 is 38.8 Å². The molecule has 0 aliphatic carbocycles. The molecule has 2 aromatic rings. The Morgan fingerprint density at radius 1 is 1.44 bits per heavy atom. The average molecular weight is 257 g/mol. The molecule has 0 N–H and O–H groups in total. The molecule has 1 nitrogen and oxygen atoms in total. The molecule has 0 saturated heterocycles. The smallest absolute Gasteiger partial charge is 0.164 e. The number of hydrogen-bond acceptors (Lipinski definition) is 2. The van der Waals surface area contributed by atoms with Crippen LogP contribution in [0.25, 0.3) is 10.1 Å². The minimum atomic E-state index is -0.308. The van der Waals surface area contributed by atoms with Crippen molar-refractivity contribution in [2.75, 3.05) is 5.88 Å². The minimum absolute atomic E-state index is 0.0394. The fraction of sp³-hybridized carbons (Fsp3) is 0.250. The molecule has 4 heteroatoms. The van der Waals surface area contributed by atoms with Gasteiger partial charge < -0.3 is 0 Å². The predicted molar refractivity (Wildman–Crippen MR) is 66.1 cm³/mol. The Hall–Kier alpha value is -0.930. The van der Waals surface area contributed by atoms with Crippen LogP contribution in [-0.4, -0.2) is 11.7 Å². The first-order chi connectivity index (χ1) is 7.72. The van der Waals surface area contributed by atoms with Crippen LogP contribution in [0.5, 0.6) is 0 Å². The zero-order valence-electron chi connectivity index (χ0n) is 8.50. The van der Waals surface area contributed by atoms with Gasteiger partial charge in [0.05, 0.1) is 0 Å². The van der Waals surface area contributed by atoms with Crippen molar-refractivity contribution in [3.63, 3.8) is 0 Å². The number of carbonyl (C=O) groups is 1. The van der Waals surface area contributed by atoms with E-state index in [0.717, 1.165) is 4.70 Å². The summed E-state index contributed by atoms with van der Waals surface area (Å²) in [7, 11) is 0. The van der Waals surface area contributed by atoms with E-state index in [-0.39, 0.29) is 11.6 Å². The highest BCUT2D eigenvalue weighted by atomic mass is 35.5. The van der Waals surface area contributed by atoms with Crippen LogP contribution in [-0.2, 0) is 0 Å². The van der Waals surface area contributed by atoms with Crippen LogP contribution in [0.3, 0.4) is 0 Å². The standard InChI is InChI=1S/C12H10ClFOS/c13-5-1-2-11(15)10-7-16-12-4-3-8(14)6-9(10)12/h3-4,6-7H,1-2,5H2. The van der Waals surface area contributed by atoms with Gasteiger partial charge in [-0.2, -0.15) is 0 Å². The van der Waals surface area contributed by atoms with Gasteiger partial charge in [-0.15, -0.1) is 22.9 Å². The van der Waals surface area contributed by atoms with Gasteiger partial charge in [0.2, 0.25) is 0 Å². The molecule has 0 aliphatic heterocycles. The van der Waals surface area contributed by atoms with Crippen LogP contribution in [0.15, 0.2) is 23.6 Å². The fourth-order valence-electron chi connectivity index (χ4n) is 1.58. The largest absolute Gasteiger partial charge is 0.294 e. The Morgan fingerprint density at radius 3 is 3.00 bits per heavy atom.